The van der Waals surface area contributed by atoms with Crippen LogP contribution in [0.5, 0.6) is 0 Å². The summed E-state index contributed by atoms with van der Waals surface area (Å²) >= 11 is 6.31. The predicted octanol–water partition coefficient (Wildman–Crippen LogP) is 3.76. The molecule has 0 bridgehead atoms. The first-order valence-electron chi connectivity index (χ1n) is 6.85. The average Bonchev–Trinajstić information content (AvgIpc) is 2.69. The standard InChI is InChI=1S/C17H16ClNO/c18-16-7-3-6-15(12-20)17(16)19-10-8-13-4-1-2-5-14(13)9-11-19/h1-7,12H,8-11H2. The first-order chi connectivity index (χ1) is 9.79. The van der Waals surface area contributed by atoms with Gasteiger partial charge >= 0.3 is 0 Å². The Morgan fingerprint density at radius 3 is 2.20 bits per heavy atom. The second kappa shape index (κ2) is 5.68. The van der Waals surface area contributed by atoms with Crippen LogP contribution in [-0.2, 0) is 12.8 Å². The highest BCUT2D eigenvalue weighted by atomic mass is 35.5. The van der Waals surface area contributed by atoms with Gasteiger partial charge in [-0.1, -0.05) is 41.9 Å². The molecule has 0 atom stereocenters. The Labute approximate surface area is 124 Å². The van der Waals surface area contributed by atoms with Crippen LogP contribution in [0.1, 0.15) is 21.5 Å². The fraction of sp³-hybridized carbons (Fsp3) is 0.235. The van der Waals surface area contributed by atoms with E-state index in [1.165, 1.54) is 11.1 Å². The Morgan fingerprint density at radius 1 is 0.950 bits per heavy atom. The molecule has 0 amide bonds. The van der Waals surface area contributed by atoms with Crippen LogP contribution < -0.4 is 4.90 Å². The molecule has 3 heteroatoms. The minimum Gasteiger partial charge on any atom is -0.369 e. The number of anilines is 1. The maximum atomic E-state index is 11.2. The highest BCUT2D eigenvalue weighted by Gasteiger charge is 2.18. The summed E-state index contributed by atoms with van der Waals surface area (Å²) in [5, 5.41) is 0.653. The van der Waals surface area contributed by atoms with Crippen LogP contribution in [0.4, 0.5) is 5.69 Å². The smallest absolute Gasteiger partial charge is 0.152 e. The minimum absolute atomic E-state index is 0.653. The summed E-state index contributed by atoms with van der Waals surface area (Å²) in [4.78, 5) is 13.5. The second-order valence-corrected chi connectivity index (χ2v) is 5.46. The molecule has 0 saturated carbocycles. The van der Waals surface area contributed by atoms with Crippen molar-refractivity contribution in [2.75, 3.05) is 18.0 Å². The third-order valence-electron chi connectivity index (χ3n) is 3.88. The van der Waals surface area contributed by atoms with Crippen LogP contribution in [-0.4, -0.2) is 19.4 Å². The number of carbonyl (C=O) groups excluding carboxylic acids is 1. The molecule has 1 heterocycles. The average molecular weight is 286 g/mol. The highest BCUT2D eigenvalue weighted by molar-refractivity contribution is 6.33. The molecule has 0 aliphatic carbocycles. The first-order valence-corrected chi connectivity index (χ1v) is 7.23. The minimum atomic E-state index is 0.653. The quantitative estimate of drug-likeness (QED) is 0.783. The maximum absolute atomic E-state index is 11.2. The molecule has 3 rings (SSSR count). The Bertz CT molecular complexity index is 612. The number of fused-ring (bicyclic) bond motifs is 1. The number of carbonyl (C=O) groups is 1. The third-order valence-corrected chi connectivity index (χ3v) is 4.19. The normalized spacial score (nSPS) is 14.6. The number of hydrogen-bond acceptors (Lipinski definition) is 2. The predicted molar refractivity (Wildman–Crippen MR) is 82.9 cm³/mol. The molecule has 0 spiro atoms. The van der Waals surface area contributed by atoms with Gasteiger partial charge in [0.1, 0.15) is 0 Å². The van der Waals surface area contributed by atoms with Gasteiger partial charge in [0.05, 0.1) is 10.7 Å². The summed E-state index contributed by atoms with van der Waals surface area (Å²) in [6.07, 6.45) is 2.86. The van der Waals surface area contributed by atoms with Crippen LogP contribution in [0.15, 0.2) is 42.5 Å². The van der Waals surface area contributed by atoms with E-state index in [0.29, 0.717) is 10.6 Å². The summed E-state index contributed by atoms with van der Waals surface area (Å²) in [7, 11) is 0. The molecule has 0 fully saturated rings. The third kappa shape index (κ3) is 2.44. The number of aldehydes is 1. The Balaban J connectivity index is 1.93. The van der Waals surface area contributed by atoms with Gasteiger partial charge in [-0.15, -0.1) is 0 Å². The summed E-state index contributed by atoms with van der Waals surface area (Å²) < 4.78 is 0. The largest absolute Gasteiger partial charge is 0.369 e. The van der Waals surface area contributed by atoms with Crippen LogP contribution in [0.3, 0.4) is 0 Å². The van der Waals surface area contributed by atoms with Crippen molar-refractivity contribution in [1.82, 2.24) is 0 Å². The van der Waals surface area contributed by atoms with Crippen molar-refractivity contribution in [2.24, 2.45) is 0 Å². The van der Waals surface area contributed by atoms with Gasteiger partial charge in [0, 0.05) is 18.7 Å². The Morgan fingerprint density at radius 2 is 1.60 bits per heavy atom. The van der Waals surface area contributed by atoms with Crippen LogP contribution in [0.2, 0.25) is 5.02 Å². The van der Waals surface area contributed by atoms with Crippen molar-refractivity contribution in [2.45, 2.75) is 12.8 Å². The van der Waals surface area contributed by atoms with Crippen molar-refractivity contribution >= 4 is 23.6 Å². The van der Waals surface area contributed by atoms with Gasteiger partial charge in [0.2, 0.25) is 0 Å². The van der Waals surface area contributed by atoms with E-state index in [0.717, 1.165) is 37.9 Å². The lowest BCUT2D eigenvalue weighted by molar-refractivity contribution is 0.112. The SMILES string of the molecule is O=Cc1cccc(Cl)c1N1CCc2ccccc2CC1. The van der Waals surface area contributed by atoms with Crippen LogP contribution in [0.25, 0.3) is 0 Å². The van der Waals surface area contributed by atoms with Gasteiger partial charge < -0.3 is 4.90 Å². The maximum Gasteiger partial charge on any atom is 0.152 e. The van der Waals surface area contributed by atoms with Crippen molar-refractivity contribution in [3.8, 4) is 0 Å². The molecule has 2 nitrogen and oxygen atoms in total. The van der Waals surface area contributed by atoms with Crippen molar-refractivity contribution in [3.63, 3.8) is 0 Å². The molecule has 0 N–H and O–H groups in total. The molecular weight excluding hydrogens is 270 g/mol. The lowest BCUT2D eigenvalue weighted by Gasteiger charge is -2.25. The molecule has 0 saturated heterocycles. The van der Waals surface area contributed by atoms with E-state index in [9.17, 15) is 4.79 Å². The number of hydrogen-bond donors (Lipinski definition) is 0. The molecule has 2 aromatic carbocycles. The summed E-state index contributed by atoms with van der Waals surface area (Å²) in [5.74, 6) is 0. The fourth-order valence-corrected chi connectivity index (χ4v) is 3.15. The molecule has 0 unspecified atom stereocenters. The monoisotopic (exact) mass is 285 g/mol. The molecule has 1 aliphatic heterocycles. The van der Waals surface area contributed by atoms with E-state index in [1.54, 1.807) is 0 Å². The molecule has 1 aliphatic rings. The number of para-hydroxylation sites is 1. The lowest BCUT2D eigenvalue weighted by Crippen LogP contribution is -2.27. The second-order valence-electron chi connectivity index (χ2n) is 5.05. The number of benzene rings is 2. The molecular formula is C17H16ClNO. The zero-order valence-electron chi connectivity index (χ0n) is 11.2. The molecule has 0 aromatic heterocycles. The molecule has 2 aromatic rings. The highest BCUT2D eigenvalue weighted by Crippen LogP contribution is 2.30. The first kappa shape index (κ1) is 13.2. The summed E-state index contributed by atoms with van der Waals surface area (Å²) in [6, 6.07) is 14.0. The number of halogens is 1. The topological polar surface area (TPSA) is 20.3 Å². The van der Waals surface area contributed by atoms with E-state index in [1.807, 2.05) is 18.2 Å². The number of nitrogens with zero attached hydrogens (tertiary/aromatic N) is 1. The Kier molecular flexibility index (Phi) is 3.75. The molecule has 0 radical (unpaired) electrons. The van der Waals surface area contributed by atoms with Gasteiger partial charge in [-0.3, -0.25) is 4.79 Å². The zero-order valence-corrected chi connectivity index (χ0v) is 11.9. The van der Waals surface area contributed by atoms with Crippen molar-refractivity contribution in [1.29, 1.82) is 0 Å². The van der Waals surface area contributed by atoms with Crippen molar-refractivity contribution in [3.05, 3.63) is 64.2 Å². The van der Waals surface area contributed by atoms with Gasteiger partial charge in [-0.05, 0) is 36.1 Å². The van der Waals surface area contributed by atoms with Gasteiger partial charge in [0.15, 0.2) is 6.29 Å². The van der Waals surface area contributed by atoms with E-state index < -0.39 is 0 Å². The Hall–Kier alpha value is -1.80. The lowest BCUT2D eigenvalue weighted by atomic mass is 10.0. The van der Waals surface area contributed by atoms with Gasteiger partial charge in [-0.2, -0.15) is 0 Å². The molecule has 102 valence electrons. The van der Waals surface area contributed by atoms with E-state index in [2.05, 4.69) is 29.2 Å². The van der Waals surface area contributed by atoms with Gasteiger partial charge in [-0.25, -0.2) is 0 Å². The van der Waals surface area contributed by atoms with E-state index in [4.69, 9.17) is 11.6 Å². The fourth-order valence-electron chi connectivity index (χ4n) is 2.85. The molecule has 20 heavy (non-hydrogen) atoms. The summed E-state index contributed by atoms with van der Waals surface area (Å²) in [5.41, 5.74) is 4.34. The van der Waals surface area contributed by atoms with Gasteiger partial charge in [0.25, 0.3) is 0 Å². The van der Waals surface area contributed by atoms with Crippen molar-refractivity contribution < 1.29 is 4.79 Å². The zero-order chi connectivity index (χ0) is 13.9. The van der Waals surface area contributed by atoms with E-state index >= 15 is 0 Å². The van der Waals surface area contributed by atoms with Crippen LogP contribution in [0, 0.1) is 0 Å². The van der Waals surface area contributed by atoms with E-state index in [-0.39, 0.29) is 0 Å². The van der Waals surface area contributed by atoms with Crippen LogP contribution >= 0.6 is 11.6 Å². The summed E-state index contributed by atoms with van der Waals surface area (Å²) in [6.45, 7) is 1.78. The number of rotatable bonds is 2.